The summed E-state index contributed by atoms with van der Waals surface area (Å²) in [7, 11) is 3.16. The molecule has 0 amide bonds. The van der Waals surface area contributed by atoms with Crippen molar-refractivity contribution in [2.24, 2.45) is 0 Å². The zero-order chi connectivity index (χ0) is 16.0. The maximum atomic E-state index is 12.7. The van der Waals surface area contributed by atoms with Gasteiger partial charge in [0, 0.05) is 26.2 Å². The van der Waals surface area contributed by atoms with Gasteiger partial charge in [-0.15, -0.1) is 0 Å². The summed E-state index contributed by atoms with van der Waals surface area (Å²) in [5, 5.41) is 0. The average molecular weight is 298 g/mol. The van der Waals surface area contributed by atoms with E-state index in [0.29, 0.717) is 6.42 Å². The quantitative estimate of drug-likeness (QED) is 0.727. The van der Waals surface area contributed by atoms with Gasteiger partial charge in [0.05, 0.1) is 0 Å². The fourth-order valence-electron chi connectivity index (χ4n) is 2.86. The van der Waals surface area contributed by atoms with Crippen molar-refractivity contribution >= 4 is 5.78 Å². The fraction of sp³-hybridized carbons (Fsp3) is 0.316. The molecule has 116 valence electrons. The van der Waals surface area contributed by atoms with Crippen molar-refractivity contribution in [3.63, 3.8) is 0 Å². The van der Waals surface area contributed by atoms with E-state index in [1.165, 1.54) is 0 Å². The zero-order valence-electron chi connectivity index (χ0n) is 13.3. The van der Waals surface area contributed by atoms with E-state index < -0.39 is 11.7 Å². The number of rotatable bonds is 7. The molecule has 0 fully saturated rings. The monoisotopic (exact) mass is 298 g/mol. The number of ether oxygens (including phenoxy) is 2. The molecule has 2 rings (SSSR count). The Bertz CT molecular complexity index is 589. The van der Waals surface area contributed by atoms with Gasteiger partial charge in [-0.2, -0.15) is 0 Å². The van der Waals surface area contributed by atoms with Gasteiger partial charge in [-0.25, -0.2) is 0 Å². The van der Waals surface area contributed by atoms with E-state index in [4.69, 9.17) is 9.47 Å². The maximum Gasteiger partial charge on any atom is 0.208 e. The van der Waals surface area contributed by atoms with Crippen LogP contribution in [0, 0.1) is 0 Å². The van der Waals surface area contributed by atoms with Crippen molar-refractivity contribution in [1.82, 2.24) is 0 Å². The number of benzene rings is 2. The van der Waals surface area contributed by atoms with Crippen molar-refractivity contribution in [3.05, 3.63) is 71.8 Å². The van der Waals surface area contributed by atoms with Crippen LogP contribution in [0.1, 0.15) is 30.4 Å². The van der Waals surface area contributed by atoms with Crippen LogP contribution in [0.4, 0.5) is 0 Å². The lowest BCUT2D eigenvalue weighted by molar-refractivity contribution is -0.229. The van der Waals surface area contributed by atoms with Crippen LogP contribution in [-0.4, -0.2) is 20.0 Å². The van der Waals surface area contributed by atoms with E-state index in [0.717, 1.165) is 11.1 Å². The summed E-state index contributed by atoms with van der Waals surface area (Å²) in [6.45, 7) is 1.86. The second-order valence-corrected chi connectivity index (χ2v) is 5.11. The van der Waals surface area contributed by atoms with E-state index in [1.54, 1.807) is 14.2 Å². The minimum atomic E-state index is -1.13. The molecule has 22 heavy (non-hydrogen) atoms. The number of ketones is 1. The summed E-state index contributed by atoms with van der Waals surface area (Å²) in [6, 6.07) is 19.3. The Morgan fingerprint density at radius 3 is 1.91 bits per heavy atom. The first-order chi connectivity index (χ1) is 10.7. The number of carbonyl (C=O) groups excluding carboxylic acids is 1. The number of Topliss-reactive ketones (excluding diaryl/α,β-unsaturated/α-hetero) is 1. The predicted octanol–water partition coefficient (Wildman–Crippen LogP) is 3.90. The summed E-state index contributed by atoms with van der Waals surface area (Å²) >= 11 is 0. The summed E-state index contributed by atoms with van der Waals surface area (Å²) in [4.78, 5) is 12.7. The maximum absolute atomic E-state index is 12.7. The SMILES string of the molecule is CCC(=O)C(c1ccccc1)C(OC)(OC)c1ccccc1. The Morgan fingerprint density at radius 1 is 0.955 bits per heavy atom. The van der Waals surface area contributed by atoms with E-state index in [1.807, 2.05) is 67.6 Å². The van der Waals surface area contributed by atoms with Gasteiger partial charge in [-0.1, -0.05) is 67.6 Å². The normalized spacial score (nSPS) is 12.9. The summed E-state index contributed by atoms with van der Waals surface area (Å²) in [5.74, 6) is -1.56. The van der Waals surface area contributed by atoms with Crippen LogP contribution in [-0.2, 0) is 20.1 Å². The minimum absolute atomic E-state index is 0.0822. The smallest absolute Gasteiger partial charge is 0.208 e. The van der Waals surface area contributed by atoms with Crippen LogP contribution < -0.4 is 0 Å². The van der Waals surface area contributed by atoms with Crippen LogP contribution in [0.2, 0.25) is 0 Å². The van der Waals surface area contributed by atoms with Crippen LogP contribution in [0.5, 0.6) is 0 Å². The van der Waals surface area contributed by atoms with Crippen molar-refractivity contribution in [3.8, 4) is 0 Å². The molecule has 2 aromatic rings. The molecule has 0 saturated carbocycles. The Kier molecular flexibility index (Phi) is 5.47. The summed E-state index contributed by atoms with van der Waals surface area (Å²) in [5.41, 5.74) is 1.72. The lowest BCUT2D eigenvalue weighted by Gasteiger charge is -2.38. The highest BCUT2D eigenvalue weighted by molar-refractivity contribution is 5.87. The molecule has 0 aliphatic heterocycles. The average Bonchev–Trinajstić information content (AvgIpc) is 2.60. The first-order valence-electron chi connectivity index (χ1n) is 7.43. The first-order valence-corrected chi connectivity index (χ1v) is 7.43. The molecule has 0 aromatic heterocycles. The van der Waals surface area contributed by atoms with Gasteiger partial charge in [0.25, 0.3) is 0 Å². The van der Waals surface area contributed by atoms with Crippen molar-refractivity contribution in [1.29, 1.82) is 0 Å². The fourth-order valence-corrected chi connectivity index (χ4v) is 2.86. The minimum Gasteiger partial charge on any atom is -0.348 e. The molecule has 0 N–H and O–H groups in total. The van der Waals surface area contributed by atoms with Crippen LogP contribution in [0.3, 0.4) is 0 Å². The molecule has 3 heteroatoms. The largest absolute Gasteiger partial charge is 0.348 e. The van der Waals surface area contributed by atoms with Gasteiger partial charge < -0.3 is 9.47 Å². The predicted molar refractivity (Wildman–Crippen MR) is 86.6 cm³/mol. The molecule has 0 aliphatic rings. The molecule has 3 nitrogen and oxygen atoms in total. The molecular formula is C19H22O3. The second-order valence-electron chi connectivity index (χ2n) is 5.11. The van der Waals surface area contributed by atoms with Crippen molar-refractivity contribution in [2.45, 2.75) is 25.0 Å². The van der Waals surface area contributed by atoms with Crippen LogP contribution >= 0.6 is 0 Å². The Morgan fingerprint density at radius 2 is 1.45 bits per heavy atom. The van der Waals surface area contributed by atoms with E-state index in [2.05, 4.69) is 0 Å². The van der Waals surface area contributed by atoms with Gasteiger partial charge >= 0.3 is 0 Å². The van der Waals surface area contributed by atoms with E-state index in [-0.39, 0.29) is 5.78 Å². The summed E-state index contributed by atoms with van der Waals surface area (Å²) < 4.78 is 11.5. The lowest BCUT2D eigenvalue weighted by Crippen LogP contribution is -2.41. The first kappa shape index (κ1) is 16.4. The molecule has 0 saturated heterocycles. The van der Waals surface area contributed by atoms with Crippen molar-refractivity contribution in [2.75, 3.05) is 14.2 Å². The van der Waals surface area contributed by atoms with E-state index in [9.17, 15) is 4.79 Å². The standard InChI is InChI=1S/C19H22O3/c1-4-17(20)18(15-11-7-5-8-12-15)19(21-2,22-3)16-13-9-6-10-14-16/h5-14,18H,4H2,1-3H3. The molecular weight excluding hydrogens is 276 g/mol. The van der Waals surface area contributed by atoms with Crippen molar-refractivity contribution < 1.29 is 14.3 Å². The Hall–Kier alpha value is -1.97. The van der Waals surface area contributed by atoms with Crippen LogP contribution in [0.15, 0.2) is 60.7 Å². The second kappa shape index (κ2) is 7.34. The van der Waals surface area contributed by atoms with Crippen LogP contribution in [0.25, 0.3) is 0 Å². The molecule has 0 aliphatic carbocycles. The van der Waals surface area contributed by atoms with E-state index >= 15 is 0 Å². The number of methoxy groups -OCH3 is 2. The van der Waals surface area contributed by atoms with Gasteiger partial charge in [0.15, 0.2) is 0 Å². The third kappa shape index (κ3) is 2.96. The highest BCUT2D eigenvalue weighted by atomic mass is 16.7. The highest BCUT2D eigenvalue weighted by Gasteiger charge is 2.45. The number of hydrogen-bond donors (Lipinski definition) is 0. The van der Waals surface area contributed by atoms with Gasteiger partial charge in [-0.3, -0.25) is 4.79 Å². The van der Waals surface area contributed by atoms with Gasteiger partial charge in [-0.05, 0) is 5.56 Å². The third-order valence-corrected chi connectivity index (χ3v) is 3.97. The molecule has 1 atom stereocenters. The molecule has 0 heterocycles. The van der Waals surface area contributed by atoms with Gasteiger partial charge in [0.1, 0.15) is 11.7 Å². The number of hydrogen-bond acceptors (Lipinski definition) is 3. The number of carbonyl (C=O) groups is 1. The zero-order valence-corrected chi connectivity index (χ0v) is 13.3. The Balaban J connectivity index is 2.62. The Labute approximate surface area is 131 Å². The molecule has 0 radical (unpaired) electrons. The molecule has 1 unspecified atom stereocenters. The molecule has 0 bridgehead atoms. The molecule has 0 spiro atoms. The third-order valence-electron chi connectivity index (χ3n) is 3.97. The van der Waals surface area contributed by atoms with Gasteiger partial charge in [0.2, 0.25) is 5.79 Å². The summed E-state index contributed by atoms with van der Waals surface area (Å²) in [6.07, 6.45) is 0.418. The lowest BCUT2D eigenvalue weighted by atomic mass is 9.81. The topological polar surface area (TPSA) is 35.5 Å². The highest BCUT2D eigenvalue weighted by Crippen LogP contribution is 2.41. The molecule has 2 aromatic carbocycles.